The van der Waals surface area contributed by atoms with Gasteiger partial charge in [-0.05, 0) is 25.8 Å². The second kappa shape index (κ2) is 8.00. The molecule has 0 fully saturated rings. The van der Waals surface area contributed by atoms with Crippen LogP contribution in [0.15, 0.2) is 0 Å². The van der Waals surface area contributed by atoms with E-state index < -0.39 is 10.0 Å². The van der Waals surface area contributed by atoms with Crippen molar-refractivity contribution in [2.45, 2.75) is 39.2 Å². The summed E-state index contributed by atoms with van der Waals surface area (Å²) in [5.41, 5.74) is 5.32. The molecule has 0 spiro atoms. The summed E-state index contributed by atoms with van der Waals surface area (Å²) in [6.07, 6.45) is 1.99. The van der Waals surface area contributed by atoms with Crippen LogP contribution in [0.1, 0.15) is 33.1 Å². The first-order valence-electron chi connectivity index (χ1n) is 5.83. The van der Waals surface area contributed by atoms with Gasteiger partial charge >= 0.3 is 0 Å². The highest BCUT2D eigenvalue weighted by molar-refractivity contribution is 7.89. The minimum Gasteiger partial charge on any atom is -0.395 e. The molecule has 0 saturated heterocycles. The van der Waals surface area contributed by atoms with Crippen LogP contribution in [-0.2, 0) is 10.0 Å². The van der Waals surface area contributed by atoms with Crippen molar-refractivity contribution in [1.29, 1.82) is 0 Å². The smallest absolute Gasteiger partial charge is 0.214 e. The van der Waals surface area contributed by atoms with Crippen molar-refractivity contribution in [2.24, 2.45) is 5.73 Å². The molecule has 5 nitrogen and oxygen atoms in total. The Labute approximate surface area is 98.7 Å². The largest absolute Gasteiger partial charge is 0.395 e. The van der Waals surface area contributed by atoms with Crippen molar-refractivity contribution in [3.63, 3.8) is 0 Å². The molecule has 3 N–H and O–H groups in total. The van der Waals surface area contributed by atoms with E-state index in [-0.39, 0.29) is 24.9 Å². The minimum atomic E-state index is -3.28. The quantitative estimate of drug-likeness (QED) is 0.612. The predicted molar refractivity (Wildman–Crippen MR) is 65.6 cm³/mol. The SMILES string of the molecule is CCC(CC)N(CCO)S(=O)(=O)CCCN. The molecule has 16 heavy (non-hydrogen) atoms. The Balaban J connectivity index is 4.73. The third kappa shape index (κ3) is 4.78. The molecule has 0 rings (SSSR count). The predicted octanol–water partition coefficient (Wildman–Crippen LogP) is 0.148. The molecule has 0 aliphatic heterocycles. The molecular weight excluding hydrogens is 228 g/mol. The van der Waals surface area contributed by atoms with Crippen LogP contribution in [0, 0.1) is 0 Å². The Morgan fingerprint density at radius 2 is 1.88 bits per heavy atom. The van der Waals surface area contributed by atoms with Gasteiger partial charge in [-0.3, -0.25) is 0 Å². The van der Waals surface area contributed by atoms with Crippen molar-refractivity contribution in [3.8, 4) is 0 Å². The van der Waals surface area contributed by atoms with Crippen LogP contribution in [0.2, 0.25) is 0 Å². The van der Waals surface area contributed by atoms with E-state index in [1.165, 1.54) is 4.31 Å². The van der Waals surface area contributed by atoms with E-state index in [9.17, 15) is 8.42 Å². The molecule has 0 aliphatic rings. The Morgan fingerprint density at radius 3 is 2.25 bits per heavy atom. The van der Waals surface area contributed by atoms with E-state index in [0.717, 1.165) is 12.8 Å². The van der Waals surface area contributed by atoms with Crippen LogP contribution in [0.5, 0.6) is 0 Å². The van der Waals surface area contributed by atoms with Gasteiger partial charge in [0.2, 0.25) is 10.0 Å². The standard InChI is InChI=1S/C10H24N2O3S/c1-3-10(4-2)12(7-8-13)16(14,15)9-5-6-11/h10,13H,3-9,11H2,1-2H3. The Kier molecular flexibility index (Phi) is 7.91. The molecular formula is C10H24N2O3S. The van der Waals surface area contributed by atoms with E-state index in [2.05, 4.69) is 0 Å². The van der Waals surface area contributed by atoms with Crippen molar-refractivity contribution in [1.82, 2.24) is 4.31 Å². The number of rotatable bonds is 9. The van der Waals surface area contributed by atoms with Gasteiger partial charge < -0.3 is 10.8 Å². The van der Waals surface area contributed by atoms with Crippen molar-refractivity contribution in [2.75, 3.05) is 25.4 Å². The molecule has 0 atom stereocenters. The number of hydrogen-bond donors (Lipinski definition) is 2. The molecule has 0 aliphatic carbocycles. The molecule has 98 valence electrons. The first-order chi connectivity index (χ1) is 7.53. The zero-order chi connectivity index (χ0) is 12.6. The number of nitrogens with two attached hydrogens (primary N) is 1. The molecule has 0 aromatic carbocycles. The summed E-state index contributed by atoms with van der Waals surface area (Å²) in [6, 6.07) is -0.0186. The summed E-state index contributed by atoms with van der Waals surface area (Å²) in [4.78, 5) is 0. The third-order valence-electron chi connectivity index (χ3n) is 2.63. The third-order valence-corrected chi connectivity index (χ3v) is 4.63. The highest BCUT2D eigenvalue weighted by Gasteiger charge is 2.26. The van der Waals surface area contributed by atoms with Gasteiger partial charge in [-0.1, -0.05) is 13.8 Å². The lowest BCUT2D eigenvalue weighted by Gasteiger charge is -2.28. The molecule has 0 radical (unpaired) electrons. The first kappa shape index (κ1) is 15.8. The summed E-state index contributed by atoms with van der Waals surface area (Å²) in [6.45, 7) is 4.32. The molecule has 0 unspecified atom stereocenters. The van der Waals surface area contributed by atoms with Crippen LogP contribution in [0.3, 0.4) is 0 Å². The second-order valence-corrected chi connectivity index (χ2v) is 5.80. The molecule has 0 heterocycles. The van der Waals surface area contributed by atoms with Crippen LogP contribution in [0.4, 0.5) is 0 Å². The average molecular weight is 252 g/mol. The first-order valence-corrected chi connectivity index (χ1v) is 7.44. The Bertz CT molecular complexity index is 263. The number of aliphatic hydroxyl groups excluding tert-OH is 1. The van der Waals surface area contributed by atoms with Gasteiger partial charge in [0.25, 0.3) is 0 Å². The summed E-state index contributed by atoms with van der Waals surface area (Å²) >= 11 is 0. The number of aliphatic hydroxyl groups is 1. The molecule has 0 saturated carbocycles. The normalized spacial score (nSPS) is 12.6. The fraction of sp³-hybridized carbons (Fsp3) is 1.00. The Morgan fingerprint density at radius 1 is 1.31 bits per heavy atom. The molecule has 0 aromatic heterocycles. The van der Waals surface area contributed by atoms with Gasteiger partial charge in [-0.25, -0.2) is 8.42 Å². The lowest BCUT2D eigenvalue weighted by Crippen LogP contribution is -2.43. The van der Waals surface area contributed by atoms with E-state index in [0.29, 0.717) is 13.0 Å². The monoisotopic (exact) mass is 252 g/mol. The van der Waals surface area contributed by atoms with E-state index in [1.54, 1.807) is 0 Å². The second-order valence-electron chi connectivity index (χ2n) is 3.76. The molecule has 6 heteroatoms. The molecule has 0 bridgehead atoms. The van der Waals surface area contributed by atoms with Gasteiger partial charge in [-0.15, -0.1) is 0 Å². The average Bonchev–Trinajstić information content (AvgIpc) is 2.27. The zero-order valence-corrected chi connectivity index (χ0v) is 11.0. The van der Waals surface area contributed by atoms with Crippen molar-refractivity contribution < 1.29 is 13.5 Å². The summed E-state index contributed by atoms with van der Waals surface area (Å²) in [5, 5.41) is 8.93. The summed E-state index contributed by atoms with van der Waals surface area (Å²) in [5.74, 6) is 0.0694. The zero-order valence-electron chi connectivity index (χ0n) is 10.2. The maximum Gasteiger partial charge on any atom is 0.214 e. The van der Waals surface area contributed by atoms with Crippen molar-refractivity contribution in [3.05, 3.63) is 0 Å². The lowest BCUT2D eigenvalue weighted by molar-refractivity contribution is 0.219. The molecule has 0 aromatic rings. The van der Waals surface area contributed by atoms with Gasteiger partial charge in [0.15, 0.2) is 0 Å². The van der Waals surface area contributed by atoms with Crippen LogP contribution in [-0.4, -0.2) is 49.3 Å². The van der Waals surface area contributed by atoms with Crippen molar-refractivity contribution >= 4 is 10.0 Å². The topological polar surface area (TPSA) is 83.6 Å². The highest BCUT2D eigenvalue weighted by Crippen LogP contribution is 2.14. The Hall–Kier alpha value is -0.170. The fourth-order valence-corrected chi connectivity index (χ4v) is 3.60. The number of hydrogen-bond acceptors (Lipinski definition) is 4. The number of nitrogens with zero attached hydrogens (tertiary/aromatic N) is 1. The van der Waals surface area contributed by atoms with Gasteiger partial charge in [0.05, 0.1) is 12.4 Å². The van der Waals surface area contributed by atoms with Crippen LogP contribution < -0.4 is 5.73 Å². The fourth-order valence-electron chi connectivity index (χ4n) is 1.73. The van der Waals surface area contributed by atoms with Crippen LogP contribution >= 0.6 is 0 Å². The van der Waals surface area contributed by atoms with E-state index in [4.69, 9.17) is 10.8 Å². The summed E-state index contributed by atoms with van der Waals surface area (Å²) < 4.78 is 25.4. The maximum atomic E-state index is 12.0. The minimum absolute atomic E-state index is 0.0186. The van der Waals surface area contributed by atoms with E-state index >= 15 is 0 Å². The lowest BCUT2D eigenvalue weighted by atomic mass is 10.2. The van der Waals surface area contributed by atoms with Gasteiger partial charge in [0, 0.05) is 12.6 Å². The maximum absolute atomic E-state index is 12.0. The van der Waals surface area contributed by atoms with E-state index in [1.807, 2.05) is 13.8 Å². The van der Waals surface area contributed by atoms with Gasteiger partial charge in [-0.2, -0.15) is 4.31 Å². The van der Waals surface area contributed by atoms with Crippen LogP contribution in [0.25, 0.3) is 0 Å². The highest BCUT2D eigenvalue weighted by atomic mass is 32.2. The molecule has 0 amide bonds. The van der Waals surface area contributed by atoms with Gasteiger partial charge in [0.1, 0.15) is 0 Å². The summed E-state index contributed by atoms with van der Waals surface area (Å²) in [7, 11) is -3.28. The number of sulfonamides is 1.